The number of hydrogen-bond donors (Lipinski definition) is 2. The van der Waals surface area contributed by atoms with Crippen molar-refractivity contribution in [3.8, 4) is 0 Å². The van der Waals surface area contributed by atoms with Gasteiger partial charge in [0.1, 0.15) is 0 Å². The van der Waals surface area contributed by atoms with Gasteiger partial charge in [0.05, 0.1) is 5.92 Å². The first-order valence-electron chi connectivity index (χ1n) is 6.54. The molecule has 2 N–H and O–H groups in total. The Labute approximate surface area is 106 Å². The van der Waals surface area contributed by atoms with E-state index in [1.54, 1.807) is 0 Å². The Balaban J connectivity index is 1.82. The van der Waals surface area contributed by atoms with Gasteiger partial charge in [-0.05, 0) is 43.2 Å². The Morgan fingerprint density at radius 3 is 2.61 bits per heavy atom. The van der Waals surface area contributed by atoms with Gasteiger partial charge in [-0.3, -0.25) is 4.79 Å². The molecular formula is C15H17NO2. The van der Waals surface area contributed by atoms with E-state index in [1.807, 2.05) is 6.07 Å². The third-order valence-electron chi connectivity index (χ3n) is 4.14. The lowest BCUT2D eigenvalue weighted by Crippen LogP contribution is -2.20. The highest BCUT2D eigenvalue weighted by Gasteiger charge is 2.27. The van der Waals surface area contributed by atoms with Crippen molar-refractivity contribution >= 4 is 16.9 Å². The van der Waals surface area contributed by atoms with Crippen molar-refractivity contribution in [2.75, 3.05) is 0 Å². The van der Waals surface area contributed by atoms with E-state index in [1.165, 1.54) is 16.5 Å². The van der Waals surface area contributed by atoms with Crippen LogP contribution in [0.4, 0.5) is 0 Å². The molecule has 1 heterocycles. The molecular weight excluding hydrogens is 226 g/mol. The first kappa shape index (κ1) is 11.3. The number of hydrogen-bond acceptors (Lipinski definition) is 1. The molecule has 1 aromatic carbocycles. The maximum Gasteiger partial charge on any atom is 0.306 e. The quantitative estimate of drug-likeness (QED) is 0.847. The number of carboxylic acid groups (broad SMARTS) is 1. The lowest BCUT2D eigenvalue weighted by atomic mass is 9.79. The minimum Gasteiger partial charge on any atom is -0.481 e. The number of carbonyl (C=O) groups is 1. The van der Waals surface area contributed by atoms with Crippen LogP contribution >= 0.6 is 0 Å². The summed E-state index contributed by atoms with van der Waals surface area (Å²) < 4.78 is 0. The minimum absolute atomic E-state index is 0.133. The summed E-state index contributed by atoms with van der Waals surface area (Å²) in [5.41, 5.74) is 2.53. The summed E-state index contributed by atoms with van der Waals surface area (Å²) in [6.45, 7) is 0. The molecule has 1 aliphatic carbocycles. The second kappa shape index (κ2) is 4.48. The molecule has 0 spiro atoms. The lowest BCUT2D eigenvalue weighted by molar-refractivity contribution is -0.142. The molecule has 0 radical (unpaired) electrons. The molecule has 3 nitrogen and oxygen atoms in total. The summed E-state index contributed by atoms with van der Waals surface area (Å²) in [5.74, 6) is -0.254. The summed E-state index contributed by atoms with van der Waals surface area (Å²) in [6, 6.07) is 8.32. The van der Waals surface area contributed by atoms with Crippen molar-refractivity contribution in [3.05, 3.63) is 36.0 Å². The van der Waals surface area contributed by atoms with Gasteiger partial charge >= 0.3 is 5.97 Å². The van der Waals surface area contributed by atoms with Gasteiger partial charge in [0, 0.05) is 17.1 Å². The zero-order valence-electron chi connectivity index (χ0n) is 10.2. The van der Waals surface area contributed by atoms with E-state index in [9.17, 15) is 4.79 Å². The van der Waals surface area contributed by atoms with E-state index in [4.69, 9.17) is 5.11 Å². The number of para-hydroxylation sites is 1. The van der Waals surface area contributed by atoms with Crippen molar-refractivity contribution in [3.63, 3.8) is 0 Å². The predicted molar refractivity (Wildman–Crippen MR) is 70.6 cm³/mol. The highest BCUT2D eigenvalue weighted by atomic mass is 16.4. The molecule has 3 heteroatoms. The fourth-order valence-corrected chi connectivity index (χ4v) is 3.08. The molecule has 0 saturated heterocycles. The van der Waals surface area contributed by atoms with Gasteiger partial charge in [-0.2, -0.15) is 0 Å². The number of rotatable bonds is 2. The minimum atomic E-state index is -0.632. The van der Waals surface area contributed by atoms with Crippen molar-refractivity contribution in [2.45, 2.75) is 31.6 Å². The van der Waals surface area contributed by atoms with Crippen LogP contribution in [0.5, 0.6) is 0 Å². The second-order valence-electron chi connectivity index (χ2n) is 5.18. The summed E-state index contributed by atoms with van der Waals surface area (Å²) in [6.07, 6.45) is 5.67. The van der Waals surface area contributed by atoms with Crippen LogP contribution in [0.15, 0.2) is 30.5 Å². The third-order valence-corrected chi connectivity index (χ3v) is 4.14. The summed E-state index contributed by atoms with van der Waals surface area (Å²) in [7, 11) is 0. The van der Waals surface area contributed by atoms with Gasteiger partial charge in [0.15, 0.2) is 0 Å². The van der Waals surface area contributed by atoms with Crippen LogP contribution in [0, 0.1) is 5.92 Å². The van der Waals surface area contributed by atoms with Crippen molar-refractivity contribution in [2.24, 2.45) is 5.92 Å². The van der Waals surface area contributed by atoms with Crippen molar-refractivity contribution in [1.82, 2.24) is 4.98 Å². The highest BCUT2D eigenvalue weighted by molar-refractivity contribution is 5.83. The van der Waals surface area contributed by atoms with E-state index in [0.717, 1.165) is 25.7 Å². The van der Waals surface area contributed by atoms with Crippen LogP contribution in [0.1, 0.15) is 37.2 Å². The second-order valence-corrected chi connectivity index (χ2v) is 5.18. The number of carboxylic acids is 1. The zero-order chi connectivity index (χ0) is 12.5. The van der Waals surface area contributed by atoms with Crippen LogP contribution in [-0.2, 0) is 4.79 Å². The standard InChI is InChI=1S/C15H17NO2/c17-15(18)11-7-5-10(6-8-11)13-9-16-14-4-2-1-3-12(13)14/h1-4,9-11,16H,5-8H2,(H,17,18). The summed E-state index contributed by atoms with van der Waals surface area (Å²) in [5, 5.41) is 10.3. The molecule has 1 aromatic heterocycles. The van der Waals surface area contributed by atoms with Gasteiger partial charge < -0.3 is 10.1 Å². The highest BCUT2D eigenvalue weighted by Crippen LogP contribution is 2.38. The molecule has 1 saturated carbocycles. The van der Waals surface area contributed by atoms with Crippen LogP contribution in [0.25, 0.3) is 10.9 Å². The van der Waals surface area contributed by atoms with E-state index in [2.05, 4.69) is 29.4 Å². The maximum atomic E-state index is 11.0. The number of H-pyrrole nitrogens is 1. The molecule has 0 aliphatic heterocycles. The zero-order valence-corrected chi connectivity index (χ0v) is 10.2. The fourth-order valence-electron chi connectivity index (χ4n) is 3.08. The molecule has 18 heavy (non-hydrogen) atoms. The third kappa shape index (κ3) is 1.90. The van der Waals surface area contributed by atoms with Crippen LogP contribution in [0.3, 0.4) is 0 Å². The van der Waals surface area contributed by atoms with Gasteiger partial charge in [-0.25, -0.2) is 0 Å². The van der Waals surface area contributed by atoms with E-state index in [-0.39, 0.29) is 5.92 Å². The monoisotopic (exact) mass is 243 g/mol. The predicted octanol–water partition coefficient (Wildman–Crippen LogP) is 3.53. The maximum absolute atomic E-state index is 11.0. The molecule has 0 atom stereocenters. The van der Waals surface area contributed by atoms with Crippen molar-refractivity contribution in [1.29, 1.82) is 0 Å². The normalized spacial score (nSPS) is 24.2. The van der Waals surface area contributed by atoms with E-state index < -0.39 is 5.97 Å². The Kier molecular flexibility index (Phi) is 2.82. The molecule has 0 unspecified atom stereocenters. The number of aromatic nitrogens is 1. The Bertz CT molecular complexity index is 565. The van der Waals surface area contributed by atoms with Crippen LogP contribution in [0.2, 0.25) is 0 Å². The topological polar surface area (TPSA) is 53.1 Å². The fraction of sp³-hybridized carbons (Fsp3) is 0.400. The first-order chi connectivity index (χ1) is 8.75. The molecule has 1 aliphatic rings. The number of aromatic amines is 1. The van der Waals surface area contributed by atoms with Gasteiger partial charge in [-0.1, -0.05) is 18.2 Å². The average Bonchev–Trinajstić information content (AvgIpc) is 2.82. The smallest absolute Gasteiger partial charge is 0.306 e. The van der Waals surface area contributed by atoms with E-state index in [0.29, 0.717) is 5.92 Å². The Morgan fingerprint density at radius 1 is 1.17 bits per heavy atom. The number of aliphatic carboxylic acids is 1. The van der Waals surface area contributed by atoms with Crippen molar-refractivity contribution < 1.29 is 9.90 Å². The number of nitrogens with one attached hydrogen (secondary N) is 1. The largest absolute Gasteiger partial charge is 0.481 e. The first-order valence-corrected chi connectivity index (χ1v) is 6.54. The molecule has 0 bridgehead atoms. The number of benzene rings is 1. The van der Waals surface area contributed by atoms with Gasteiger partial charge in [-0.15, -0.1) is 0 Å². The van der Waals surface area contributed by atoms with Crippen LogP contribution < -0.4 is 0 Å². The molecule has 1 fully saturated rings. The summed E-state index contributed by atoms with van der Waals surface area (Å²) >= 11 is 0. The Hall–Kier alpha value is -1.77. The molecule has 0 amide bonds. The molecule has 94 valence electrons. The average molecular weight is 243 g/mol. The van der Waals surface area contributed by atoms with Gasteiger partial charge in [0.2, 0.25) is 0 Å². The van der Waals surface area contributed by atoms with Gasteiger partial charge in [0.25, 0.3) is 0 Å². The van der Waals surface area contributed by atoms with Crippen LogP contribution in [-0.4, -0.2) is 16.1 Å². The summed E-state index contributed by atoms with van der Waals surface area (Å²) in [4.78, 5) is 14.3. The lowest BCUT2D eigenvalue weighted by Gasteiger charge is -2.25. The SMILES string of the molecule is O=C(O)C1CCC(c2c[nH]c3ccccc23)CC1. The molecule has 2 aromatic rings. The van der Waals surface area contributed by atoms with E-state index >= 15 is 0 Å². The number of fused-ring (bicyclic) bond motifs is 1. The molecule has 3 rings (SSSR count). The Morgan fingerprint density at radius 2 is 1.89 bits per heavy atom.